The number of phenolic OH excluding ortho intramolecular Hbond substituents is 1. The van der Waals surface area contributed by atoms with Crippen molar-refractivity contribution in [1.82, 2.24) is 0 Å². The smallest absolute Gasteiger partial charge is 0.160 e. The number of rotatable bonds is 7. The third-order valence-corrected chi connectivity index (χ3v) is 3.73. The molecule has 0 aliphatic heterocycles. The van der Waals surface area contributed by atoms with Gasteiger partial charge >= 0.3 is 0 Å². The van der Waals surface area contributed by atoms with Crippen LogP contribution in [0.1, 0.15) is 22.3 Å². The molecule has 0 aromatic heterocycles. The Morgan fingerprint density at radius 1 is 0.870 bits per heavy atom. The first-order valence-corrected chi connectivity index (χ1v) is 7.51. The second-order valence-electron chi connectivity index (χ2n) is 5.31. The summed E-state index contributed by atoms with van der Waals surface area (Å²) in [5, 5.41) is 28.1. The first kappa shape index (κ1) is 17.1. The molecule has 23 heavy (non-hydrogen) atoms. The fourth-order valence-corrected chi connectivity index (χ4v) is 2.40. The molecule has 2 aromatic carbocycles. The fourth-order valence-electron chi connectivity index (χ4n) is 2.40. The van der Waals surface area contributed by atoms with Gasteiger partial charge in [0, 0.05) is 0 Å². The average Bonchev–Trinajstić information content (AvgIpc) is 2.59. The predicted octanol–water partition coefficient (Wildman–Crippen LogP) is 2.73. The largest absolute Gasteiger partial charge is 0.504 e. The van der Waals surface area contributed by atoms with E-state index in [-0.39, 0.29) is 19.0 Å². The molecule has 0 amide bonds. The lowest BCUT2D eigenvalue weighted by Crippen LogP contribution is -1.95. The first-order chi connectivity index (χ1) is 11.2. The lowest BCUT2D eigenvalue weighted by molar-refractivity contribution is 0.260. The molecule has 0 heterocycles. The summed E-state index contributed by atoms with van der Waals surface area (Å²) in [6.07, 6.45) is 5.63. The van der Waals surface area contributed by atoms with Crippen LogP contribution in [0, 0.1) is 0 Å². The van der Waals surface area contributed by atoms with Crippen LogP contribution < -0.4 is 4.74 Å². The number of aliphatic hydroxyl groups is 2. The molecule has 4 nitrogen and oxygen atoms in total. The van der Waals surface area contributed by atoms with Gasteiger partial charge < -0.3 is 20.1 Å². The summed E-state index contributed by atoms with van der Waals surface area (Å²) >= 11 is 0. The highest BCUT2D eigenvalue weighted by atomic mass is 16.5. The number of aromatic hydroxyl groups is 1. The Balaban J connectivity index is 1.97. The minimum atomic E-state index is -0.0687. The standard InChI is InChI=1S/C19H22O4/c1-23-19-11-15(7-9-18(19)22)5-3-2-4-14-6-8-16(12-20)17(10-14)13-21/h2-3,6-11,20-22H,4-5,12-13H2,1H3/b3-2-. The first-order valence-electron chi connectivity index (χ1n) is 7.51. The highest BCUT2D eigenvalue weighted by Crippen LogP contribution is 2.26. The van der Waals surface area contributed by atoms with E-state index < -0.39 is 0 Å². The lowest BCUT2D eigenvalue weighted by atomic mass is 10.0. The number of hydrogen-bond donors (Lipinski definition) is 3. The Bertz CT molecular complexity index is 677. The fraction of sp³-hybridized carbons (Fsp3) is 0.263. The van der Waals surface area contributed by atoms with Crippen molar-refractivity contribution < 1.29 is 20.1 Å². The van der Waals surface area contributed by atoms with E-state index in [1.54, 1.807) is 6.07 Å². The van der Waals surface area contributed by atoms with Crippen molar-refractivity contribution in [1.29, 1.82) is 0 Å². The van der Waals surface area contributed by atoms with Gasteiger partial charge in [0.2, 0.25) is 0 Å². The summed E-state index contributed by atoms with van der Waals surface area (Å²) in [4.78, 5) is 0. The Hall–Kier alpha value is -2.30. The molecule has 3 N–H and O–H groups in total. The number of aliphatic hydroxyl groups excluding tert-OH is 2. The number of methoxy groups -OCH3 is 1. The van der Waals surface area contributed by atoms with Gasteiger partial charge in [0.1, 0.15) is 0 Å². The van der Waals surface area contributed by atoms with Gasteiger partial charge in [-0.2, -0.15) is 0 Å². The summed E-state index contributed by atoms with van der Waals surface area (Å²) in [5.74, 6) is 0.615. The van der Waals surface area contributed by atoms with Crippen molar-refractivity contribution in [2.24, 2.45) is 0 Å². The second kappa shape index (κ2) is 8.36. The summed E-state index contributed by atoms with van der Waals surface area (Å²) in [6, 6.07) is 11.0. The number of phenols is 1. The van der Waals surface area contributed by atoms with Gasteiger partial charge in [-0.3, -0.25) is 0 Å². The van der Waals surface area contributed by atoms with Gasteiger partial charge in [-0.1, -0.05) is 36.4 Å². The molecule has 0 aliphatic rings. The monoisotopic (exact) mass is 314 g/mol. The lowest BCUT2D eigenvalue weighted by Gasteiger charge is -2.07. The zero-order valence-corrected chi connectivity index (χ0v) is 13.2. The van der Waals surface area contributed by atoms with Gasteiger partial charge in [-0.15, -0.1) is 0 Å². The van der Waals surface area contributed by atoms with Crippen molar-refractivity contribution >= 4 is 0 Å². The molecule has 4 heteroatoms. The Kier molecular flexibility index (Phi) is 6.20. The molecule has 0 unspecified atom stereocenters. The Morgan fingerprint density at radius 2 is 1.48 bits per heavy atom. The third kappa shape index (κ3) is 4.58. The van der Waals surface area contributed by atoms with Crippen LogP contribution in [0.3, 0.4) is 0 Å². The van der Waals surface area contributed by atoms with Crippen LogP contribution >= 0.6 is 0 Å². The quantitative estimate of drug-likeness (QED) is 0.687. The van der Waals surface area contributed by atoms with Crippen LogP contribution in [0.5, 0.6) is 11.5 Å². The van der Waals surface area contributed by atoms with Crippen LogP contribution in [-0.2, 0) is 26.1 Å². The topological polar surface area (TPSA) is 69.9 Å². The van der Waals surface area contributed by atoms with Gasteiger partial charge in [-0.05, 0) is 47.2 Å². The summed E-state index contributed by atoms with van der Waals surface area (Å²) < 4.78 is 5.09. The highest BCUT2D eigenvalue weighted by Gasteiger charge is 2.02. The van der Waals surface area contributed by atoms with Crippen molar-refractivity contribution in [2.45, 2.75) is 26.1 Å². The molecule has 0 atom stereocenters. The van der Waals surface area contributed by atoms with Crippen molar-refractivity contribution in [3.8, 4) is 11.5 Å². The summed E-state index contributed by atoms with van der Waals surface area (Å²) in [7, 11) is 1.53. The molecule has 122 valence electrons. The van der Waals surface area contributed by atoms with Gasteiger partial charge in [0.25, 0.3) is 0 Å². The molecular formula is C19H22O4. The maximum atomic E-state index is 9.57. The molecule has 0 aliphatic carbocycles. The maximum absolute atomic E-state index is 9.57. The molecule has 0 saturated carbocycles. The number of ether oxygens (including phenoxy) is 1. The molecule has 2 rings (SSSR count). The van der Waals surface area contributed by atoms with E-state index in [4.69, 9.17) is 4.74 Å². The molecule has 2 aromatic rings. The van der Waals surface area contributed by atoms with E-state index >= 15 is 0 Å². The van der Waals surface area contributed by atoms with E-state index in [0.29, 0.717) is 5.75 Å². The highest BCUT2D eigenvalue weighted by molar-refractivity contribution is 5.42. The summed E-state index contributed by atoms with van der Waals surface area (Å²) in [5.41, 5.74) is 3.67. The number of allylic oxidation sites excluding steroid dienone is 2. The van der Waals surface area contributed by atoms with Crippen molar-refractivity contribution in [2.75, 3.05) is 7.11 Å². The van der Waals surface area contributed by atoms with Crippen LogP contribution in [0.4, 0.5) is 0 Å². The van der Waals surface area contributed by atoms with Gasteiger partial charge in [0.15, 0.2) is 11.5 Å². The maximum Gasteiger partial charge on any atom is 0.160 e. The number of benzene rings is 2. The molecule has 0 saturated heterocycles. The third-order valence-electron chi connectivity index (χ3n) is 3.73. The van der Waals surface area contributed by atoms with Crippen LogP contribution in [0.2, 0.25) is 0 Å². The van der Waals surface area contributed by atoms with Gasteiger partial charge in [0.05, 0.1) is 20.3 Å². The van der Waals surface area contributed by atoms with Crippen molar-refractivity contribution in [3.63, 3.8) is 0 Å². The average molecular weight is 314 g/mol. The summed E-state index contributed by atoms with van der Waals surface area (Å²) in [6.45, 7) is -0.130. The molecular weight excluding hydrogens is 292 g/mol. The Labute approximate surface area is 136 Å². The zero-order valence-electron chi connectivity index (χ0n) is 13.2. The zero-order chi connectivity index (χ0) is 16.7. The van der Waals surface area contributed by atoms with Crippen LogP contribution in [0.25, 0.3) is 0 Å². The molecule has 0 radical (unpaired) electrons. The van der Waals surface area contributed by atoms with Crippen LogP contribution in [-0.4, -0.2) is 22.4 Å². The molecule has 0 bridgehead atoms. The van der Waals surface area contributed by atoms with Crippen LogP contribution in [0.15, 0.2) is 48.6 Å². The minimum absolute atomic E-state index is 0.0608. The minimum Gasteiger partial charge on any atom is -0.504 e. The van der Waals surface area contributed by atoms with E-state index in [9.17, 15) is 15.3 Å². The number of hydrogen-bond acceptors (Lipinski definition) is 4. The van der Waals surface area contributed by atoms with Crippen molar-refractivity contribution in [3.05, 3.63) is 70.8 Å². The normalized spacial score (nSPS) is 11.1. The van der Waals surface area contributed by atoms with E-state index in [1.807, 2.05) is 30.3 Å². The Morgan fingerprint density at radius 3 is 2.09 bits per heavy atom. The predicted molar refractivity (Wildman–Crippen MR) is 89.5 cm³/mol. The van der Waals surface area contributed by atoms with Gasteiger partial charge in [-0.25, -0.2) is 0 Å². The second-order valence-corrected chi connectivity index (χ2v) is 5.31. The van der Waals surface area contributed by atoms with E-state index in [1.165, 1.54) is 7.11 Å². The van der Waals surface area contributed by atoms with E-state index in [2.05, 4.69) is 12.2 Å². The SMILES string of the molecule is COc1cc(C/C=C\Cc2ccc(CO)c(CO)c2)ccc1O. The van der Waals surface area contributed by atoms with E-state index in [0.717, 1.165) is 35.1 Å². The molecule has 0 spiro atoms. The molecule has 0 fully saturated rings.